The zero-order valence-electron chi connectivity index (χ0n) is 10.6. The van der Waals surface area contributed by atoms with E-state index in [1.807, 2.05) is 6.92 Å². The summed E-state index contributed by atoms with van der Waals surface area (Å²) >= 11 is 0. The van der Waals surface area contributed by atoms with Crippen molar-refractivity contribution in [1.29, 1.82) is 0 Å². The maximum Gasteiger partial charge on any atom is 0.327 e. The summed E-state index contributed by atoms with van der Waals surface area (Å²) in [5.74, 6) is -1.61. The van der Waals surface area contributed by atoms with Crippen LogP contribution in [0.1, 0.15) is 47.5 Å². The highest BCUT2D eigenvalue weighted by Gasteiger charge is 2.48. The van der Waals surface area contributed by atoms with Crippen molar-refractivity contribution in [3.05, 3.63) is 0 Å². The lowest BCUT2D eigenvalue weighted by Crippen LogP contribution is -2.45. The number of carbonyl (C=O) groups is 3. The van der Waals surface area contributed by atoms with Crippen LogP contribution in [0.5, 0.6) is 0 Å². The molecular weight excluding hydrogens is 208 g/mol. The topological polar surface area (TPSA) is 60.4 Å². The lowest BCUT2D eigenvalue weighted by molar-refractivity contribution is -0.167. The van der Waals surface area contributed by atoms with E-state index in [1.165, 1.54) is 13.8 Å². The molecule has 92 valence electrons. The second-order valence-corrected chi connectivity index (χ2v) is 4.00. The number of rotatable bonds is 6. The van der Waals surface area contributed by atoms with Gasteiger partial charge in [-0.2, -0.15) is 0 Å². The quantitative estimate of drug-likeness (QED) is 0.514. The Morgan fingerprint density at radius 2 is 1.56 bits per heavy atom. The van der Waals surface area contributed by atoms with Gasteiger partial charge in [0, 0.05) is 0 Å². The third kappa shape index (κ3) is 2.68. The monoisotopic (exact) mass is 228 g/mol. The Kier molecular flexibility index (Phi) is 5.35. The van der Waals surface area contributed by atoms with Crippen molar-refractivity contribution in [3.8, 4) is 0 Å². The molecule has 0 rings (SSSR count). The van der Waals surface area contributed by atoms with E-state index in [2.05, 4.69) is 0 Å². The van der Waals surface area contributed by atoms with Crippen LogP contribution in [0.4, 0.5) is 0 Å². The number of ether oxygens (including phenoxy) is 1. The van der Waals surface area contributed by atoms with E-state index in [9.17, 15) is 14.4 Å². The fraction of sp³-hybridized carbons (Fsp3) is 0.750. The molecular formula is C12H20O4. The van der Waals surface area contributed by atoms with Gasteiger partial charge in [0.15, 0.2) is 17.0 Å². The van der Waals surface area contributed by atoms with E-state index in [1.54, 1.807) is 13.8 Å². The maximum atomic E-state index is 11.9. The number of hydrogen-bond donors (Lipinski definition) is 0. The Morgan fingerprint density at radius 1 is 1.12 bits per heavy atom. The van der Waals surface area contributed by atoms with Gasteiger partial charge in [-0.25, -0.2) is 0 Å². The molecule has 0 fully saturated rings. The van der Waals surface area contributed by atoms with Crippen molar-refractivity contribution in [2.45, 2.75) is 53.6 Å². The molecule has 0 aliphatic rings. The summed E-state index contributed by atoms with van der Waals surface area (Å²) in [5.41, 5.74) is -1.61. The standard InChI is InChI=1S/C12H20O4/c1-6-8(3)16-11(15)12(7-2,9(4)13)10(5)14/h8H,6-7H2,1-5H3. The molecule has 0 heterocycles. The molecule has 16 heavy (non-hydrogen) atoms. The molecule has 0 saturated heterocycles. The van der Waals surface area contributed by atoms with E-state index in [0.29, 0.717) is 6.42 Å². The van der Waals surface area contributed by atoms with Crippen molar-refractivity contribution >= 4 is 17.5 Å². The summed E-state index contributed by atoms with van der Waals surface area (Å²) in [6, 6.07) is 0. The van der Waals surface area contributed by atoms with Crippen molar-refractivity contribution < 1.29 is 19.1 Å². The molecule has 0 radical (unpaired) electrons. The fourth-order valence-electron chi connectivity index (χ4n) is 1.54. The number of carbonyl (C=O) groups excluding carboxylic acids is 3. The first-order valence-electron chi connectivity index (χ1n) is 5.56. The van der Waals surface area contributed by atoms with Crippen LogP contribution in [0.15, 0.2) is 0 Å². The maximum absolute atomic E-state index is 11.9. The summed E-state index contributed by atoms with van der Waals surface area (Å²) in [7, 11) is 0. The first-order valence-corrected chi connectivity index (χ1v) is 5.56. The molecule has 0 aromatic rings. The highest BCUT2D eigenvalue weighted by molar-refractivity contribution is 6.21. The van der Waals surface area contributed by atoms with Crippen molar-refractivity contribution in [2.75, 3.05) is 0 Å². The minimum atomic E-state index is -1.61. The lowest BCUT2D eigenvalue weighted by atomic mass is 9.78. The number of Topliss-reactive ketones (excluding diaryl/α,β-unsaturated/α-hetero) is 2. The number of esters is 1. The van der Waals surface area contributed by atoms with E-state index in [-0.39, 0.29) is 12.5 Å². The highest BCUT2D eigenvalue weighted by Crippen LogP contribution is 2.27. The SMILES string of the molecule is CCC(C)OC(=O)C(CC)(C(C)=O)C(C)=O. The summed E-state index contributed by atoms with van der Waals surface area (Å²) in [5, 5.41) is 0. The van der Waals surface area contributed by atoms with Crippen LogP contribution in [0, 0.1) is 5.41 Å². The van der Waals surface area contributed by atoms with Crippen LogP contribution in [0.25, 0.3) is 0 Å². The van der Waals surface area contributed by atoms with Crippen LogP contribution >= 0.6 is 0 Å². The molecule has 0 aliphatic carbocycles. The van der Waals surface area contributed by atoms with Gasteiger partial charge in [0.1, 0.15) is 0 Å². The largest absolute Gasteiger partial charge is 0.462 e. The average Bonchev–Trinajstić information content (AvgIpc) is 2.18. The van der Waals surface area contributed by atoms with Gasteiger partial charge in [-0.1, -0.05) is 13.8 Å². The summed E-state index contributed by atoms with van der Waals surface area (Å²) in [6.45, 7) is 7.75. The minimum Gasteiger partial charge on any atom is -0.462 e. The van der Waals surface area contributed by atoms with Gasteiger partial charge in [-0.05, 0) is 33.6 Å². The zero-order chi connectivity index (χ0) is 12.9. The lowest BCUT2D eigenvalue weighted by Gasteiger charge is -2.26. The fourth-order valence-corrected chi connectivity index (χ4v) is 1.54. The van der Waals surface area contributed by atoms with Crippen LogP contribution in [-0.4, -0.2) is 23.6 Å². The van der Waals surface area contributed by atoms with Gasteiger partial charge in [0.2, 0.25) is 0 Å². The van der Waals surface area contributed by atoms with Gasteiger partial charge >= 0.3 is 5.97 Å². The molecule has 4 heteroatoms. The molecule has 1 atom stereocenters. The molecule has 0 N–H and O–H groups in total. The van der Waals surface area contributed by atoms with E-state index in [4.69, 9.17) is 4.74 Å². The number of ketones is 2. The van der Waals surface area contributed by atoms with Crippen LogP contribution in [0.2, 0.25) is 0 Å². The van der Waals surface area contributed by atoms with E-state index in [0.717, 1.165) is 0 Å². The molecule has 0 aromatic carbocycles. The minimum absolute atomic E-state index is 0.146. The van der Waals surface area contributed by atoms with Crippen molar-refractivity contribution in [3.63, 3.8) is 0 Å². The highest BCUT2D eigenvalue weighted by atomic mass is 16.5. The van der Waals surface area contributed by atoms with E-state index < -0.39 is 23.0 Å². The Balaban J connectivity index is 5.12. The van der Waals surface area contributed by atoms with Crippen molar-refractivity contribution in [2.24, 2.45) is 5.41 Å². The third-order valence-corrected chi connectivity index (χ3v) is 2.96. The molecule has 0 saturated carbocycles. The Labute approximate surface area is 96.4 Å². The van der Waals surface area contributed by atoms with Gasteiger partial charge in [0.05, 0.1) is 6.10 Å². The Hall–Kier alpha value is -1.19. The molecule has 0 spiro atoms. The smallest absolute Gasteiger partial charge is 0.327 e. The summed E-state index contributed by atoms with van der Waals surface area (Å²) in [4.78, 5) is 34.9. The number of hydrogen-bond acceptors (Lipinski definition) is 4. The average molecular weight is 228 g/mol. The first-order chi connectivity index (χ1) is 7.32. The molecule has 1 unspecified atom stereocenters. The van der Waals surface area contributed by atoms with Crippen LogP contribution < -0.4 is 0 Å². The van der Waals surface area contributed by atoms with Crippen molar-refractivity contribution in [1.82, 2.24) is 0 Å². The molecule has 0 aliphatic heterocycles. The molecule has 0 amide bonds. The second kappa shape index (κ2) is 5.77. The Morgan fingerprint density at radius 3 is 1.81 bits per heavy atom. The normalized spacial score (nSPS) is 13.1. The molecule has 4 nitrogen and oxygen atoms in total. The summed E-state index contributed by atoms with van der Waals surface area (Å²) < 4.78 is 5.10. The molecule has 0 bridgehead atoms. The molecule has 0 aromatic heterocycles. The predicted octanol–water partition coefficient (Wildman–Crippen LogP) is 1.90. The van der Waals surface area contributed by atoms with Gasteiger partial charge in [-0.15, -0.1) is 0 Å². The van der Waals surface area contributed by atoms with Crippen LogP contribution in [-0.2, 0) is 19.1 Å². The second-order valence-electron chi connectivity index (χ2n) is 4.00. The third-order valence-electron chi connectivity index (χ3n) is 2.96. The Bertz CT molecular complexity index is 279. The summed E-state index contributed by atoms with van der Waals surface area (Å²) in [6.07, 6.45) is 0.519. The zero-order valence-corrected chi connectivity index (χ0v) is 10.6. The first kappa shape index (κ1) is 14.8. The van der Waals surface area contributed by atoms with Gasteiger partial charge < -0.3 is 4.74 Å². The van der Waals surface area contributed by atoms with Gasteiger partial charge in [0.25, 0.3) is 0 Å². The predicted molar refractivity (Wildman–Crippen MR) is 59.9 cm³/mol. The van der Waals surface area contributed by atoms with Crippen LogP contribution in [0.3, 0.4) is 0 Å². The van der Waals surface area contributed by atoms with Gasteiger partial charge in [-0.3, -0.25) is 14.4 Å². The van der Waals surface area contributed by atoms with E-state index >= 15 is 0 Å².